The van der Waals surface area contributed by atoms with Gasteiger partial charge in [-0.2, -0.15) is 4.98 Å². The highest BCUT2D eigenvalue weighted by atomic mass is 16.5. The van der Waals surface area contributed by atoms with Crippen LogP contribution in [0.25, 0.3) is 0 Å². The van der Waals surface area contributed by atoms with Crippen LogP contribution in [0.2, 0.25) is 0 Å². The Kier molecular flexibility index (Phi) is 4.49. The Morgan fingerprint density at radius 2 is 1.79 bits per heavy atom. The molecule has 130 valence electrons. The lowest BCUT2D eigenvalue weighted by molar-refractivity contribution is 0.233. The van der Waals surface area contributed by atoms with Crippen molar-refractivity contribution in [1.82, 2.24) is 15.0 Å². The topological polar surface area (TPSA) is 60.6 Å². The molecule has 0 aliphatic carbocycles. The summed E-state index contributed by atoms with van der Waals surface area (Å²) >= 11 is 0. The van der Waals surface area contributed by atoms with Crippen molar-refractivity contribution < 1.29 is 14.0 Å². The molecule has 0 unspecified atom stereocenters. The highest BCUT2D eigenvalue weighted by molar-refractivity contribution is 5.48. The minimum Gasteiger partial charge on any atom is -0.493 e. The number of benzene rings is 1. The summed E-state index contributed by atoms with van der Waals surface area (Å²) in [5.74, 6) is 2.98. The van der Waals surface area contributed by atoms with Gasteiger partial charge >= 0.3 is 0 Å². The molecule has 0 saturated carbocycles. The Balaban J connectivity index is 1.74. The first kappa shape index (κ1) is 16.8. The number of ether oxygens (including phenoxy) is 2. The minimum atomic E-state index is -0.121. The summed E-state index contributed by atoms with van der Waals surface area (Å²) in [7, 11) is 3.33. The van der Waals surface area contributed by atoms with Gasteiger partial charge in [-0.25, -0.2) is 0 Å². The highest BCUT2D eigenvalue weighted by Crippen LogP contribution is 2.33. The molecule has 1 aromatic heterocycles. The van der Waals surface area contributed by atoms with E-state index >= 15 is 0 Å². The second-order valence-electron chi connectivity index (χ2n) is 7.20. The maximum atomic E-state index is 5.41. The van der Waals surface area contributed by atoms with Crippen molar-refractivity contribution in [2.75, 3.05) is 20.8 Å². The van der Waals surface area contributed by atoms with Gasteiger partial charge in [-0.05, 0) is 29.7 Å². The first-order valence-corrected chi connectivity index (χ1v) is 8.20. The molecule has 0 saturated heterocycles. The number of rotatable bonds is 4. The Morgan fingerprint density at radius 1 is 1.12 bits per heavy atom. The first-order chi connectivity index (χ1) is 11.4. The number of methoxy groups -OCH3 is 2. The van der Waals surface area contributed by atoms with Crippen LogP contribution in [0, 0.1) is 0 Å². The van der Waals surface area contributed by atoms with Gasteiger partial charge in [-0.15, -0.1) is 0 Å². The maximum absolute atomic E-state index is 5.41. The van der Waals surface area contributed by atoms with Gasteiger partial charge in [-0.1, -0.05) is 25.9 Å². The second kappa shape index (κ2) is 6.43. The molecule has 0 amide bonds. The van der Waals surface area contributed by atoms with Crippen LogP contribution in [0.15, 0.2) is 16.7 Å². The van der Waals surface area contributed by atoms with Crippen molar-refractivity contribution in [3.63, 3.8) is 0 Å². The van der Waals surface area contributed by atoms with E-state index in [4.69, 9.17) is 14.0 Å². The fourth-order valence-corrected chi connectivity index (χ4v) is 2.90. The zero-order valence-corrected chi connectivity index (χ0v) is 15.0. The van der Waals surface area contributed by atoms with Gasteiger partial charge in [0.2, 0.25) is 5.89 Å². The normalized spacial score (nSPS) is 15.2. The van der Waals surface area contributed by atoms with Crippen LogP contribution in [0.3, 0.4) is 0 Å². The molecule has 2 heterocycles. The molecule has 1 aromatic carbocycles. The fourth-order valence-electron chi connectivity index (χ4n) is 2.90. The van der Waals surface area contributed by atoms with Gasteiger partial charge in [0.1, 0.15) is 0 Å². The molecule has 0 bridgehead atoms. The molecule has 0 fully saturated rings. The van der Waals surface area contributed by atoms with Crippen molar-refractivity contribution >= 4 is 0 Å². The summed E-state index contributed by atoms with van der Waals surface area (Å²) in [6.07, 6.45) is 0.972. The number of hydrogen-bond acceptors (Lipinski definition) is 6. The predicted molar refractivity (Wildman–Crippen MR) is 90.4 cm³/mol. The van der Waals surface area contributed by atoms with Crippen LogP contribution in [-0.2, 0) is 24.9 Å². The summed E-state index contributed by atoms with van der Waals surface area (Å²) < 4.78 is 16.2. The van der Waals surface area contributed by atoms with Crippen LogP contribution in [0.4, 0.5) is 0 Å². The van der Waals surface area contributed by atoms with Crippen LogP contribution in [0.1, 0.15) is 43.6 Å². The van der Waals surface area contributed by atoms with E-state index in [2.05, 4.69) is 47.9 Å². The van der Waals surface area contributed by atoms with Gasteiger partial charge in [0, 0.05) is 18.5 Å². The summed E-state index contributed by atoms with van der Waals surface area (Å²) in [6, 6.07) is 4.15. The largest absolute Gasteiger partial charge is 0.493 e. The number of aromatic nitrogens is 2. The minimum absolute atomic E-state index is 0.121. The van der Waals surface area contributed by atoms with E-state index < -0.39 is 0 Å². The molecule has 1 aliphatic heterocycles. The molecule has 0 radical (unpaired) electrons. The Morgan fingerprint density at radius 3 is 2.38 bits per heavy atom. The van der Waals surface area contributed by atoms with Crippen molar-refractivity contribution in [2.45, 2.75) is 45.7 Å². The monoisotopic (exact) mass is 331 g/mol. The molecule has 6 heteroatoms. The molecule has 2 aromatic rings. The van der Waals surface area contributed by atoms with Crippen molar-refractivity contribution in [2.24, 2.45) is 0 Å². The maximum Gasteiger partial charge on any atom is 0.232 e. The van der Waals surface area contributed by atoms with Gasteiger partial charge in [0.05, 0.1) is 20.8 Å². The lowest BCUT2D eigenvalue weighted by Gasteiger charge is -2.28. The summed E-state index contributed by atoms with van der Waals surface area (Å²) in [6.45, 7) is 8.70. The van der Waals surface area contributed by atoms with Gasteiger partial charge in [-0.3, -0.25) is 4.90 Å². The fraction of sp³-hybridized carbons (Fsp3) is 0.556. The lowest BCUT2D eigenvalue weighted by Crippen LogP contribution is -2.30. The number of hydrogen-bond donors (Lipinski definition) is 0. The van der Waals surface area contributed by atoms with E-state index in [9.17, 15) is 0 Å². The van der Waals surface area contributed by atoms with E-state index in [1.807, 2.05) is 0 Å². The second-order valence-corrected chi connectivity index (χ2v) is 7.20. The predicted octanol–water partition coefficient (Wildman–Crippen LogP) is 2.94. The van der Waals surface area contributed by atoms with E-state index in [-0.39, 0.29) is 5.41 Å². The van der Waals surface area contributed by atoms with E-state index in [1.165, 1.54) is 11.1 Å². The summed E-state index contributed by atoms with van der Waals surface area (Å²) in [5.41, 5.74) is 2.45. The molecule has 1 aliphatic rings. The van der Waals surface area contributed by atoms with E-state index in [1.54, 1.807) is 14.2 Å². The molecular weight excluding hydrogens is 306 g/mol. The molecular formula is C18H25N3O3. The average molecular weight is 331 g/mol. The summed E-state index contributed by atoms with van der Waals surface area (Å²) in [4.78, 5) is 6.85. The standard InChI is InChI=1S/C18H25N3O3/c1-18(2,3)17-19-16(20-24-17)11-21-7-6-12-8-14(22-4)15(23-5)9-13(12)10-21/h8-9H,6-7,10-11H2,1-5H3. The van der Waals surface area contributed by atoms with Gasteiger partial charge in [0.25, 0.3) is 0 Å². The van der Waals surface area contributed by atoms with Crippen molar-refractivity contribution in [3.05, 3.63) is 35.0 Å². The SMILES string of the molecule is COc1cc2c(cc1OC)CN(Cc1noc(C(C)(C)C)n1)CC2. The quantitative estimate of drug-likeness (QED) is 0.858. The first-order valence-electron chi connectivity index (χ1n) is 8.20. The molecule has 6 nitrogen and oxygen atoms in total. The van der Waals surface area contributed by atoms with Crippen LogP contribution < -0.4 is 9.47 Å². The van der Waals surface area contributed by atoms with Crippen LogP contribution in [0.5, 0.6) is 11.5 Å². The van der Waals surface area contributed by atoms with Crippen molar-refractivity contribution in [3.8, 4) is 11.5 Å². The highest BCUT2D eigenvalue weighted by Gasteiger charge is 2.24. The Hall–Kier alpha value is -2.08. The third-order valence-electron chi connectivity index (χ3n) is 4.27. The van der Waals surface area contributed by atoms with Crippen LogP contribution >= 0.6 is 0 Å². The molecule has 24 heavy (non-hydrogen) atoms. The third-order valence-corrected chi connectivity index (χ3v) is 4.27. The number of nitrogens with zero attached hydrogens (tertiary/aromatic N) is 3. The smallest absolute Gasteiger partial charge is 0.232 e. The molecule has 0 spiro atoms. The van der Waals surface area contributed by atoms with Crippen LogP contribution in [-0.4, -0.2) is 35.8 Å². The zero-order chi connectivity index (χ0) is 17.3. The Labute approximate surface area is 142 Å². The Bertz CT molecular complexity index is 719. The number of fused-ring (bicyclic) bond motifs is 1. The van der Waals surface area contributed by atoms with Gasteiger partial charge < -0.3 is 14.0 Å². The molecule has 0 N–H and O–H groups in total. The zero-order valence-electron chi connectivity index (χ0n) is 15.0. The van der Waals surface area contributed by atoms with E-state index in [0.717, 1.165) is 36.8 Å². The van der Waals surface area contributed by atoms with E-state index in [0.29, 0.717) is 12.4 Å². The van der Waals surface area contributed by atoms with Gasteiger partial charge in [0.15, 0.2) is 17.3 Å². The average Bonchev–Trinajstić information content (AvgIpc) is 3.02. The third kappa shape index (κ3) is 3.38. The molecule has 3 rings (SSSR count). The lowest BCUT2D eigenvalue weighted by atomic mass is 9.97. The van der Waals surface area contributed by atoms with Crippen molar-refractivity contribution in [1.29, 1.82) is 0 Å². The summed E-state index contributed by atoms with van der Waals surface area (Å²) in [5, 5.41) is 4.12. The molecule has 0 atom stereocenters.